The van der Waals surface area contributed by atoms with E-state index in [1.165, 1.54) is 11.6 Å². The van der Waals surface area contributed by atoms with Crippen LogP contribution in [0, 0.1) is 17.1 Å². The van der Waals surface area contributed by atoms with Gasteiger partial charge in [0.25, 0.3) is 0 Å². The molecule has 2 aliphatic rings. The van der Waals surface area contributed by atoms with E-state index in [0.717, 1.165) is 42.5 Å². The first-order chi connectivity index (χ1) is 15.1. The SMILES string of the molecule is N#Cc1ccc(N2C[C@@H](CN3CCC(c4c[nH]c5cc(F)ccc45)CC3)OC2=O)cc1. The fraction of sp³-hybridized carbons (Fsp3) is 0.333. The van der Waals surface area contributed by atoms with Gasteiger partial charge in [-0.1, -0.05) is 0 Å². The van der Waals surface area contributed by atoms with Crippen LogP contribution < -0.4 is 4.90 Å². The number of aromatic nitrogens is 1. The monoisotopic (exact) mass is 418 g/mol. The van der Waals surface area contributed by atoms with Crippen molar-refractivity contribution >= 4 is 22.7 Å². The lowest BCUT2D eigenvalue weighted by Gasteiger charge is -2.32. The highest BCUT2D eigenvalue weighted by Gasteiger charge is 2.34. The Kier molecular flexibility index (Phi) is 5.08. The van der Waals surface area contributed by atoms with Gasteiger partial charge in [0.2, 0.25) is 0 Å². The van der Waals surface area contributed by atoms with Crippen LogP contribution in [0.25, 0.3) is 10.9 Å². The number of ether oxygens (including phenoxy) is 1. The Morgan fingerprint density at radius 2 is 1.94 bits per heavy atom. The van der Waals surface area contributed by atoms with Crippen molar-refractivity contribution < 1.29 is 13.9 Å². The first-order valence-corrected chi connectivity index (χ1v) is 10.6. The van der Waals surface area contributed by atoms with E-state index >= 15 is 0 Å². The van der Waals surface area contributed by atoms with Crippen molar-refractivity contribution in [1.29, 1.82) is 5.26 Å². The van der Waals surface area contributed by atoms with Gasteiger partial charge in [-0.15, -0.1) is 0 Å². The van der Waals surface area contributed by atoms with Gasteiger partial charge >= 0.3 is 6.09 Å². The molecular formula is C24H23FN4O2. The number of hydrogen-bond acceptors (Lipinski definition) is 4. The number of nitrogens with one attached hydrogen (secondary N) is 1. The van der Waals surface area contributed by atoms with Crippen LogP contribution in [-0.4, -0.2) is 48.3 Å². The molecular weight excluding hydrogens is 395 g/mol. The molecule has 2 aliphatic heterocycles. The van der Waals surface area contributed by atoms with E-state index in [-0.39, 0.29) is 18.0 Å². The van der Waals surface area contributed by atoms with Crippen molar-refractivity contribution in [2.75, 3.05) is 31.1 Å². The fourth-order valence-electron chi connectivity index (χ4n) is 4.72. The van der Waals surface area contributed by atoms with Crippen LogP contribution in [0.4, 0.5) is 14.9 Å². The van der Waals surface area contributed by atoms with Gasteiger partial charge < -0.3 is 9.72 Å². The predicted molar refractivity (Wildman–Crippen MR) is 115 cm³/mol. The van der Waals surface area contributed by atoms with E-state index in [1.54, 1.807) is 35.2 Å². The van der Waals surface area contributed by atoms with Crippen LogP contribution in [0.3, 0.4) is 0 Å². The van der Waals surface area contributed by atoms with Crippen LogP contribution in [0.1, 0.15) is 29.9 Å². The Morgan fingerprint density at radius 1 is 1.16 bits per heavy atom. The molecule has 0 radical (unpaired) electrons. The van der Waals surface area contributed by atoms with Gasteiger partial charge in [-0.05, 0) is 79.9 Å². The highest BCUT2D eigenvalue weighted by Crippen LogP contribution is 2.34. The van der Waals surface area contributed by atoms with Gasteiger partial charge in [-0.3, -0.25) is 9.80 Å². The zero-order chi connectivity index (χ0) is 21.4. The highest BCUT2D eigenvalue weighted by atomic mass is 19.1. The minimum atomic E-state index is -0.337. The zero-order valence-electron chi connectivity index (χ0n) is 17.1. The molecule has 158 valence electrons. The molecule has 2 fully saturated rings. The van der Waals surface area contributed by atoms with Gasteiger partial charge in [-0.2, -0.15) is 5.26 Å². The third-order valence-corrected chi connectivity index (χ3v) is 6.35. The molecule has 0 saturated carbocycles. The average molecular weight is 418 g/mol. The summed E-state index contributed by atoms with van der Waals surface area (Å²) in [7, 11) is 0. The van der Waals surface area contributed by atoms with Crippen LogP contribution in [0.5, 0.6) is 0 Å². The first kappa shape index (κ1) is 19.6. The number of halogens is 1. The third kappa shape index (κ3) is 3.87. The second-order valence-corrected chi connectivity index (χ2v) is 8.28. The maximum absolute atomic E-state index is 13.5. The van der Waals surface area contributed by atoms with E-state index < -0.39 is 0 Å². The number of amides is 1. The minimum absolute atomic E-state index is 0.171. The Labute approximate surface area is 179 Å². The molecule has 1 atom stereocenters. The number of nitriles is 1. The number of likely N-dealkylation sites (tertiary alicyclic amines) is 1. The van der Waals surface area contributed by atoms with Crippen molar-refractivity contribution in [2.24, 2.45) is 0 Å². The topological polar surface area (TPSA) is 72.4 Å². The number of carbonyl (C=O) groups is 1. The Hall–Kier alpha value is -3.37. The van der Waals surface area contributed by atoms with Crippen LogP contribution in [-0.2, 0) is 4.74 Å². The van der Waals surface area contributed by atoms with E-state index in [2.05, 4.69) is 16.0 Å². The van der Waals surface area contributed by atoms with Gasteiger partial charge in [0.05, 0.1) is 18.2 Å². The second kappa shape index (κ2) is 8.05. The summed E-state index contributed by atoms with van der Waals surface area (Å²) < 4.78 is 19.0. The molecule has 31 heavy (non-hydrogen) atoms. The average Bonchev–Trinajstić information content (AvgIpc) is 3.37. The summed E-state index contributed by atoms with van der Waals surface area (Å²) >= 11 is 0. The van der Waals surface area contributed by atoms with Gasteiger partial charge in [0, 0.05) is 29.3 Å². The Balaban J connectivity index is 1.18. The van der Waals surface area contributed by atoms with Gasteiger partial charge in [0.15, 0.2) is 0 Å². The number of benzene rings is 2. The van der Waals surface area contributed by atoms with Crippen molar-refractivity contribution in [3.8, 4) is 6.07 Å². The molecule has 5 rings (SSSR count). The summed E-state index contributed by atoms with van der Waals surface area (Å²) in [6.45, 7) is 3.09. The molecule has 0 unspecified atom stereocenters. The third-order valence-electron chi connectivity index (χ3n) is 6.35. The van der Waals surface area contributed by atoms with Crippen LogP contribution >= 0.6 is 0 Å². The maximum Gasteiger partial charge on any atom is 0.414 e. The Bertz CT molecular complexity index is 1140. The first-order valence-electron chi connectivity index (χ1n) is 10.6. The summed E-state index contributed by atoms with van der Waals surface area (Å²) in [6, 6.07) is 14.0. The number of anilines is 1. The Morgan fingerprint density at radius 3 is 2.68 bits per heavy atom. The molecule has 1 amide bonds. The van der Waals surface area contributed by atoms with Crippen molar-refractivity contribution in [1.82, 2.24) is 9.88 Å². The van der Waals surface area contributed by atoms with Crippen LogP contribution in [0.15, 0.2) is 48.7 Å². The van der Waals surface area contributed by atoms with Crippen molar-refractivity contribution in [3.63, 3.8) is 0 Å². The highest BCUT2D eigenvalue weighted by molar-refractivity contribution is 5.89. The smallest absolute Gasteiger partial charge is 0.414 e. The molecule has 3 aromatic rings. The molecule has 0 spiro atoms. The van der Waals surface area contributed by atoms with Gasteiger partial charge in [0.1, 0.15) is 11.9 Å². The van der Waals surface area contributed by atoms with Crippen molar-refractivity contribution in [2.45, 2.75) is 24.9 Å². The molecule has 1 aromatic heterocycles. The summed E-state index contributed by atoms with van der Waals surface area (Å²) in [5.41, 5.74) is 3.42. The molecule has 7 heteroatoms. The molecule has 0 bridgehead atoms. The quantitative estimate of drug-likeness (QED) is 0.682. The lowest BCUT2D eigenvalue weighted by Crippen LogP contribution is -2.39. The summed E-state index contributed by atoms with van der Waals surface area (Å²) in [4.78, 5) is 19.5. The fourth-order valence-corrected chi connectivity index (χ4v) is 4.72. The van der Waals surface area contributed by atoms with E-state index in [4.69, 9.17) is 10.00 Å². The van der Waals surface area contributed by atoms with Gasteiger partial charge in [-0.25, -0.2) is 9.18 Å². The molecule has 3 heterocycles. The number of piperidine rings is 1. The summed E-state index contributed by atoms with van der Waals surface area (Å²) in [6.07, 6.45) is 3.54. The number of rotatable bonds is 4. The number of aromatic amines is 1. The summed E-state index contributed by atoms with van der Waals surface area (Å²) in [5, 5.41) is 10.0. The van der Waals surface area contributed by atoms with E-state index in [1.807, 2.05) is 12.3 Å². The summed E-state index contributed by atoms with van der Waals surface area (Å²) in [5.74, 6) is 0.216. The molecule has 0 aliphatic carbocycles. The second-order valence-electron chi connectivity index (χ2n) is 8.28. The normalized spacial score (nSPS) is 20.2. The van der Waals surface area contributed by atoms with Crippen LogP contribution in [0.2, 0.25) is 0 Å². The lowest BCUT2D eigenvalue weighted by atomic mass is 9.89. The maximum atomic E-state index is 13.5. The number of nitrogens with zero attached hydrogens (tertiary/aromatic N) is 3. The molecule has 2 aromatic carbocycles. The van der Waals surface area contributed by atoms with E-state index in [0.29, 0.717) is 24.6 Å². The lowest BCUT2D eigenvalue weighted by molar-refractivity contribution is 0.0977. The zero-order valence-corrected chi connectivity index (χ0v) is 17.1. The molecule has 2 saturated heterocycles. The number of fused-ring (bicyclic) bond motifs is 1. The largest absolute Gasteiger partial charge is 0.443 e. The van der Waals surface area contributed by atoms with E-state index in [9.17, 15) is 9.18 Å². The molecule has 6 nitrogen and oxygen atoms in total. The number of carbonyl (C=O) groups excluding carboxylic acids is 1. The predicted octanol–water partition coefficient (Wildman–Crippen LogP) is 4.38. The van der Waals surface area contributed by atoms with Crippen molar-refractivity contribution in [3.05, 3.63) is 65.6 Å². The standard InChI is InChI=1S/C24H23FN4O2/c25-18-3-6-21-22(13-27-23(21)11-18)17-7-9-28(10-8-17)14-20-15-29(24(30)31-20)19-4-1-16(12-26)2-5-19/h1-6,11,13,17,20,27H,7-10,14-15H2/t20-/m1/s1. The minimum Gasteiger partial charge on any atom is -0.443 e. The molecule has 1 N–H and O–H groups in total. The number of cyclic esters (lactones) is 1. The number of hydrogen-bond donors (Lipinski definition) is 1. The number of H-pyrrole nitrogens is 1.